The van der Waals surface area contributed by atoms with Crippen molar-refractivity contribution in [2.24, 2.45) is 5.41 Å². The van der Waals surface area contributed by atoms with E-state index in [1.165, 1.54) is 12.1 Å². The molecule has 2 bridgehead atoms. The van der Waals surface area contributed by atoms with Crippen LogP contribution in [0.25, 0.3) is 0 Å². The highest BCUT2D eigenvalue weighted by Crippen LogP contribution is 2.46. The van der Waals surface area contributed by atoms with Crippen LogP contribution in [0.1, 0.15) is 57.9 Å². The summed E-state index contributed by atoms with van der Waals surface area (Å²) >= 11 is 0. The molecule has 3 aliphatic heterocycles. The Labute approximate surface area is 233 Å². The van der Waals surface area contributed by atoms with Crippen LogP contribution in [0, 0.1) is 11.2 Å². The van der Waals surface area contributed by atoms with Gasteiger partial charge in [0, 0.05) is 38.3 Å². The number of carbonyl (C=O) groups is 3. The Kier molecular flexibility index (Phi) is 10.3. The van der Waals surface area contributed by atoms with Crippen LogP contribution < -0.4 is 0 Å². The topological polar surface area (TPSA) is 168 Å². The number of ether oxygens (including phenoxy) is 1. The van der Waals surface area contributed by atoms with Gasteiger partial charge in [0.2, 0.25) is 0 Å². The van der Waals surface area contributed by atoms with E-state index >= 15 is 0 Å². The Hall–Kier alpha value is -2.64. The number of halogens is 1. The summed E-state index contributed by atoms with van der Waals surface area (Å²) in [6, 6.07) is 7.28. The first kappa shape index (κ1) is 31.9. The second-order valence-corrected chi connectivity index (χ2v) is 12.0. The molecule has 1 aromatic carbocycles. The molecule has 2 atom stereocenters. The lowest BCUT2D eigenvalue weighted by atomic mass is 9.79. The molecule has 0 aromatic heterocycles. The number of aliphatic hydroxyl groups is 2. The minimum atomic E-state index is -2.74. The van der Waals surface area contributed by atoms with Crippen molar-refractivity contribution in [2.75, 3.05) is 39.4 Å². The van der Waals surface area contributed by atoms with Crippen LogP contribution in [-0.2, 0) is 24.7 Å². The molecule has 0 spiro atoms. The molecule has 3 saturated heterocycles. The molecular weight excluding hydrogens is 527 g/mol. The fourth-order valence-corrected chi connectivity index (χ4v) is 6.19. The lowest BCUT2D eigenvalue weighted by Crippen LogP contribution is -2.54. The van der Waals surface area contributed by atoms with Crippen molar-refractivity contribution in [3.63, 3.8) is 0 Å². The van der Waals surface area contributed by atoms with Gasteiger partial charge in [-0.25, -0.2) is 9.18 Å². The van der Waals surface area contributed by atoms with Crippen molar-refractivity contribution < 1.29 is 49.0 Å². The van der Waals surface area contributed by atoms with Gasteiger partial charge in [-0.2, -0.15) is 0 Å². The largest absolute Gasteiger partial charge is 0.481 e. The van der Waals surface area contributed by atoms with Gasteiger partial charge in [0.1, 0.15) is 5.82 Å². The van der Waals surface area contributed by atoms with Crippen LogP contribution in [0.15, 0.2) is 24.3 Å². The molecule has 11 nitrogen and oxygen atoms in total. The predicted molar refractivity (Wildman–Crippen MR) is 141 cm³/mol. The third-order valence-corrected chi connectivity index (χ3v) is 7.95. The molecular formula is C28H41FN2O9. The summed E-state index contributed by atoms with van der Waals surface area (Å²) in [6.45, 7) is 10.6. The number of fused-ring (bicyclic) bond motifs is 2. The number of carboxylic acids is 3. The van der Waals surface area contributed by atoms with Gasteiger partial charge in [-0.3, -0.25) is 19.4 Å². The summed E-state index contributed by atoms with van der Waals surface area (Å²) in [6.07, 6.45) is 1.53. The van der Waals surface area contributed by atoms with E-state index in [4.69, 9.17) is 25.2 Å². The smallest absolute Gasteiger partial charge is 0.336 e. The maximum atomic E-state index is 13.3. The zero-order valence-corrected chi connectivity index (χ0v) is 23.1. The van der Waals surface area contributed by atoms with E-state index in [9.17, 15) is 23.9 Å². The molecule has 4 rings (SSSR count). The first-order chi connectivity index (χ1) is 18.6. The van der Waals surface area contributed by atoms with Gasteiger partial charge in [0.25, 0.3) is 0 Å². The number of morpholine rings is 1. The molecule has 2 unspecified atom stereocenters. The molecule has 0 radical (unpaired) electrons. The number of carboxylic acid groups (broad SMARTS) is 3. The van der Waals surface area contributed by atoms with E-state index < -0.39 is 42.0 Å². The van der Waals surface area contributed by atoms with Crippen molar-refractivity contribution in [3.8, 4) is 0 Å². The third kappa shape index (κ3) is 8.43. The predicted octanol–water partition coefficient (Wildman–Crippen LogP) is 1.75. The highest BCUT2D eigenvalue weighted by molar-refractivity contribution is 5.88. The number of benzene rings is 1. The first-order valence-electron chi connectivity index (χ1n) is 13.6. The van der Waals surface area contributed by atoms with E-state index in [2.05, 4.69) is 23.6 Å². The fourth-order valence-electron chi connectivity index (χ4n) is 6.19. The van der Waals surface area contributed by atoms with Crippen molar-refractivity contribution in [1.29, 1.82) is 0 Å². The number of aliphatic carboxylic acids is 3. The van der Waals surface area contributed by atoms with Gasteiger partial charge in [-0.1, -0.05) is 26.0 Å². The Morgan fingerprint density at radius 2 is 1.45 bits per heavy atom. The Balaban J connectivity index is 0.000000289. The molecule has 0 amide bonds. The monoisotopic (exact) mass is 568 g/mol. The van der Waals surface area contributed by atoms with Crippen molar-refractivity contribution in [1.82, 2.24) is 9.80 Å². The number of hydrogen-bond donors (Lipinski definition) is 5. The zero-order valence-electron chi connectivity index (χ0n) is 23.1. The maximum absolute atomic E-state index is 13.3. The van der Waals surface area contributed by atoms with Crippen LogP contribution in [-0.4, -0.2) is 110 Å². The quantitative estimate of drug-likeness (QED) is 0.279. The molecule has 0 aliphatic carbocycles. The molecule has 0 saturated carbocycles. The van der Waals surface area contributed by atoms with E-state index in [-0.39, 0.29) is 11.2 Å². The van der Waals surface area contributed by atoms with Gasteiger partial charge in [-0.15, -0.1) is 0 Å². The Morgan fingerprint density at radius 3 is 1.90 bits per heavy atom. The molecule has 3 heterocycles. The summed E-state index contributed by atoms with van der Waals surface area (Å²) in [4.78, 5) is 35.7. The average Bonchev–Trinajstić information content (AvgIpc) is 3.07. The maximum Gasteiger partial charge on any atom is 0.336 e. The number of rotatable bonds is 10. The first-order valence-corrected chi connectivity index (χ1v) is 13.6. The molecule has 3 aliphatic rings. The summed E-state index contributed by atoms with van der Waals surface area (Å²) in [7, 11) is 0. The fraction of sp³-hybridized carbons (Fsp3) is 0.679. The van der Waals surface area contributed by atoms with Crippen molar-refractivity contribution in [2.45, 2.75) is 75.7 Å². The number of piperidine rings is 1. The molecule has 12 heteroatoms. The lowest BCUT2D eigenvalue weighted by Gasteiger charge is -2.47. The second-order valence-electron chi connectivity index (χ2n) is 12.0. The summed E-state index contributed by atoms with van der Waals surface area (Å²) < 4.78 is 18.8. The van der Waals surface area contributed by atoms with Crippen LogP contribution in [0.4, 0.5) is 4.39 Å². The lowest BCUT2D eigenvalue weighted by molar-refractivity contribution is -0.170. The van der Waals surface area contributed by atoms with Crippen LogP contribution in [0.3, 0.4) is 0 Å². The minimum Gasteiger partial charge on any atom is -0.481 e. The molecule has 1 aromatic rings. The van der Waals surface area contributed by atoms with Gasteiger partial charge < -0.3 is 30.3 Å². The Morgan fingerprint density at radius 1 is 0.950 bits per heavy atom. The molecule has 40 heavy (non-hydrogen) atoms. The highest BCUT2D eigenvalue weighted by atomic mass is 19.1. The summed E-state index contributed by atoms with van der Waals surface area (Å²) in [5.41, 5.74) is -2.47. The summed E-state index contributed by atoms with van der Waals surface area (Å²) in [5, 5.41) is 45.1. The molecule has 224 valence electrons. The van der Waals surface area contributed by atoms with Crippen LogP contribution in [0.2, 0.25) is 0 Å². The average molecular weight is 569 g/mol. The SMILES string of the molecule is CC(C)(CN1CCOCC1)CN1C2CCC1CC(O)(c1ccc(F)cc1)C2.O=C(O)CC(O)(CC(=O)O)C(=O)O. The van der Waals surface area contributed by atoms with Gasteiger partial charge in [-0.05, 0) is 48.8 Å². The van der Waals surface area contributed by atoms with E-state index in [1.807, 2.05) is 0 Å². The van der Waals surface area contributed by atoms with Crippen LogP contribution in [0.5, 0.6) is 0 Å². The van der Waals surface area contributed by atoms with Gasteiger partial charge in [0.05, 0.1) is 31.7 Å². The standard InChI is InChI=1S/C22H33FN2O2.C6H8O7/c1-21(2,15-24-9-11-27-12-10-24)16-25-19-7-8-20(25)14-22(26,13-19)17-3-5-18(23)6-4-17;7-3(8)1-6(13,5(11)12)2-4(9)10/h3-6,19-20,26H,7-16H2,1-2H3;13H,1-2H2,(H,7,8)(H,9,10)(H,11,12). The minimum absolute atomic E-state index is 0.212. The second kappa shape index (κ2) is 12.9. The zero-order chi connectivity index (χ0) is 29.7. The van der Waals surface area contributed by atoms with Crippen LogP contribution >= 0.6 is 0 Å². The number of hydrogen-bond acceptors (Lipinski definition) is 8. The normalized spacial score (nSPS) is 25.6. The van der Waals surface area contributed by atoms with E-state index in [0.717, 1.165) is 70.6 Å². The van der Waals surface area contributed by atoms with E-state index in [1.54, 1.807) is 12.1 Å². The molecule has 5 N–H and O–H groups in total. The number of nitrogens with zero attached hydrogens (tertiary/aromatic N) is 2. The summed E-state index contributed by atoms with van der Waals surface area (Å²) in [5.74, 6) is -5.26. The van der Waals surface area contributed by atoms with Gasteiger partial charge >= 0.3 is 17.9 Å². The third-order valence-electron chi connectivity index (χ3n) is 7.95. The Bertz CT molecular complexity index is 1010. The highest BCUT2D eigenvalue weighted by Gasteiger charge is 2.49. The molecule has 3 fully saturated rings. The van der Waals surface area contributed by atoms with E-state index in [0.29, 0.717) is 12.1 Å². The van der Waals surface area contributed by atoms with Crippen molar-refractivity contribution in [3.05, 3.63) is 35.6 Å². The van der Waals surface area contributed by atoms with Gasteiger partial charge in [0.15, 0.2) is 5.60 Å². The van der Waals surface area contributed by atoms with Crippen molar-refractivity contribution >= 4 is 17.9 Å².